The van der Waals surface area contributed by atoms with E-state index in [1.54, 1.807) is 24.3 Å². The van der Waals surface area contributed by atoms with Crippen molar-refractivity contribution in [3.8, 4) is 0 Å². The molecule has 3 aromatic rings. The number of nitrogens with one attached hydrogen (secondary N) is 2. The summed E-state index contributed by atoms with van der Waals surface area (Å²) >= 11 is 12.1. The van der Waals surface area contributed by atoms with Crippen molar-refractivity contribution in [1.82, 2.24) is 15.3 Å². The molecule has 0 bridgehead atoms. The first-order chi connectivity index (χ1) is 12.5. The number of hydrogen-bond acceptors (Lipinski definition) is 4. The molecule has 0 saturated carbocycles. The molecule has 0 saturated heterocycles. The number of carbonyl (C=O) groups is 1. The van der Waals surface area contributed by atoms with Gasteiger partial charge >= 0.3 is 0 Å². The van der Waals surface area contributed by atoms with Crippen molar-refractivity contribution in [2.75, 3.05) is 5.32 Å². The van der Waals surface area contributed by atoms with E-state index >= 15 is 0 Å². The number of hydrogen-bond donors (Lipinski definition) is 2. The summed E-state index contributed by atoms with van der Waals surface area (Å²) in [7, 11) is 0. The highest BCUT2D eigenvalue weighted by molar-refractivity contribution is 6.43. The van der Waals surface area contributed by atoms with Crippen LogP contribution in [-0.2, 0) is 6.54 Å². The van der Waals surface area contributed by atoms with E-state index in [1.165, 1.54) is 6.20 Å². The Labute approximate surface area is 161 Å². The van der Waals surface area contributed by atoms with Crippen molar-refractivity contribution in [2.24, 2.45) is 0 Å². The van der Waals surface area contributed by atoms with Gasteiger partial charge in [0.1, 0.15) is 5.69 Å². The van der Waals surface area contributed by atoms with E-state index in [4.69, 9.17) is 23.2 Å². The van der Waals surface area contributed by atoms with Crippen LogP contribution in [0.5, 0.6) is 0 Å². The number of aryl methyl sites for hydroxylation is 1. The number of anilines is 2. The quantitative estimate of drug-likeness (QED) is 0.662. The summed E-state index contributed by atoms with van der Waals surface area (Å²) in [5.41, 5.74) is 2.99. The highest BCUT2D eigenvalue weighted by Crippen LogP contribution is 2.30. The van der Waals surface area contributed by atoms with E-state index < -0.39 is 0 Å². The van der Waals surface area contributed by atoms with Crippen molar-refractivity contribution in [3.05, 3.63) is 81.6 Å². The van der Waals surface area contributed by atoms with Gasteiger partial charge in [0.25, 0.3) is 5.91 Å². The maximum Gasteiger partial charge on any atom is 0.270 e. The zero-order valence-electron chi connectivity index (χ0n) is 14.0. The molecular weight excluding hydrogens is 371 g/mol. The van der Waals surface area contributed by atoms with Gasteiger partial charge in [-0.25, -0.2) is 9.97 Å². The Balaban J connectivity index is 1.70. The summed E-state index contributed by atoms with van der Waals surface area (Å²) < 4.78 is 0. The monoisotopic (exact) mass is 386 g/mol. The smallest absolute Gasteiger partial charge is 0.270 e. The van der Waals surface area contributed by atoms with Gasteiger partial charge in [-0.05, 0) is 30.7 Å². The van der Waals surface area contributed by atoms with Crippen molar-refractivity contribution >= 4 is 40.7 Å². The fourth-order valence-corrected chi connectivity index (χ4v) is 2.71. The van der Waals surface area contributed by atoms with Gasteiger partial charge in [0.2, 0.25) is 5.95 Å². The molecule has 0 aliphatic heterocycles. The lowest BCUT2D eigenvalue weighted by Crippen LogP contribution is -2.24. The minimum atomic E-state index is -0.283. The van der Waals surface area contributed by atoms with E-state index in [-0.39, 0.29) is 17.5 Å². The Bertz CT molecular complexity index is 946. The maximum atomic E-state index is 12.4. The molecule has 2 N–H and O–H groups in total. The van der Waals surface area contributed by atoms with Crippen LogP contribution < -0.4 is 10.6 Å². The maximum absolute atomic E-state index is 12.4. The van der Waals surface area contributed by atoms with Gasteiger partial charge < -0.3 is 10.6 Å². The molecule has 0 radical (unpaired) electrons. The van der Waals surface area contributed by atoms with Crippen LogP contribution in [0.4, 0.5) is 11.6 Å². The summed E-state index contributed by atoms with van der Waals surface area (Å²) in [6.45, 7) is 2.43. The molecule has 3 rings (SSSR count). The highest BCUT2D eigenvalue weighted by Gasteiger charge is 2.10. The van der Waals surface area contributed by atoms with Gasteiger partial charge in [0.15, 0.2) is 0 Å². The largest absolute Gasteiger partial charge is 0.347 e. The van der Waals surface area contributed by atoms with Crippen LogP contribution in [0, 0.1) is 6.92 Å². The van der Waals surface area contributed by atoms with Crippen LogP contribution in [-0.4, -0.2) is 15.9 Å². The van der Waals surface area contributed by atoms with Gasteiger partial charge in [-0.1, -0.05) is 59.1 Å². The molecule has 2 aromatic carbocycles. The third-order valence-electron chi connectivity index (χ3n) is 3.62. The molecule has 0 atom stereocenters. The number of nitrogens with zero attached hydrogens (tertiary/aromatic N) is 2. The van der Waals surface area contributed by atoms with Gasteiger partial charge in [-0.15, -0.1) is 0 Å². The zero-order valence-corrected chi connectivity index (χ0v) is 15.5. The van der Waals surface area contributed by atoms with E-state index in [1.807, 2.05) is 31.2 Å². The van der Waals surface area contributed by atoms with Gasteiger partial charge in [-0.2, -0.15) is 0 Å². The molecule has 7 heteroatoms. The summed E-state index contributed by atoms with van der Waals surface area (Å²) in [6.07, 6.45) is 1.51. The SMILES string of the molecule is Cc1cccc(CNC(=O)c2ccnc(Nc3cccc(Cl)c3Cl)n2)c1. The Morgan fingerprint density at radius 1 is 1.12 bits per heavy atom. The first-order valence-electron chi connectivity index (χ1n) is 7.91. The van der Waals surface area contributed by atoms with Crippen molar-refractivity contribution in [3.63, 3.8) is 0 Å². The first kappa shape index (κ1) is 18.2. The van der Waals surface area contributed by atoms with Crippen molar-refractivity contribution < 1.29 is 4.79 Å². The Morgan fingerprint density at radius 2 is 1.92 bits per heavy atom. The van der Waals surface area contributed by atoms with Crippen molar-refractivity contribution in [1.29, 1.82) is 0 Å². The second-order valence-corrected chi connectivity index (χ2v) is 6.45. The molecule has 1 heterocycles. The molecule has 1 amide bonds. The van der Waals surface area contributed by atoms with Gasteiger partial charge in [0, 0.05) is 12.7 Å². The fraction of sp³-hybridized carbons (Fsp3) is 0.105. The van der Waals surface area contributed by atoms with Crippen molar-refractivity contribution in [2.45, 2.75) is 13.5 Å². The Morgan fingerprint density at radius 3 is 2.73 bits per heavy atom. The second kappa shape index (κ2) is 8.17. The first-order valence-corrected chi connectivity index (χ1v) is 8.66. The summed E-state index contributed by atoms with van der Waals surface area (Å²) in [6, 6.07) is 14.7. The topological polar surface area (TPSA) is 66.9 Å². The van der Waals surface area contributed by atoms with Crippen LogP contribution in [0.1, 0.15) is 21.6 Å². The number of aromatic nitrogens is 2. The lowest BCUT2D eigenvalue weighted by Gasteiger charge is -2.09. The molecule has 132 valence electrons. The van der Waals surface area contributed by atoms with E-state index in [0.717, 1.165) is 11.1 Å². The molecule has 5 nitrogen and oxygen atoms in total. The summed E-state index contributed by atoms with van der Waals surface area (Å²) in [4.78, 5) is 20.7. The number of amides is 1. The predicted molar refractivity (Wildman–Crippen MR) is 104 cm³/mol. The third-order valence-corrected chi connectivity index (χ3v) is 4.44. The lowest BCUT2D eigenvalue weighted by molar-refractivity contribution is 0.0946. The molecule has 0 fully saturated rings. The lowest BCUT2D eigenvalue weighted by atomic mass is 10.1. The fourth-order valence-electron chi connectivity index (χ4n) is 2.36. The second-order valence-electron chi connectivity index (χ2n) is 5.66. The highest BCUT2D eigenvalue weighted by atomic mass is 35.5. The molecular formula is C19H16Cl2N4O. The van der Waals surface area contributed by atoms with Crippen LogP contribution >= 0.6 is 23.2 Å². The normalized spacial score (nSPS) is 10.4. The van der Waals surface area contributed by atoms with E-state index in [0.29, 0.717) is 22.3 Å². The minimum Gasteiger partial charge on any atom is -0.347 e. The Kier molecular flexibility index (Phi) is 5.71. The minimum absolute atomic E-state index is 0.258. The van der Waals surface area contributed by atoms with Gasteiger partial charge in [-0.3, -0.25) is 4.79 Å². The number of carbonyl (C=O) groups excluding carboxylic acids is 1. The number of halogens is 2. The molecule has 26 heavy (non-hydrogen) atoms. The third kappa shape index (κ3) is 4.50. The molecule has 0 aliphatic carbocycles. The van der Waals surface area contributed by atoms with Gasteiger partial charge in [0.05, 0.1) is 15.7 Å². The Hall–Kier alpha value is -2.63. The summed E-state index contributed by atoms with van der Waals surface area (Å²) in [5, 5.41) is 6.61. The van der Waals surface area contributed by atoms with Crippen LogP contribution in [0.25, 0.3) is 0 Å². The van der Waals surface area contributed by atoms with E-state index in [2.05, 4.69) is 20.6 Å². The van der Waals surface area contributed by atoms with Crippen LogP contribution in [0.15, 0.2) is 54.7 Å². The summed E-state index contributed by atoms with van der Waals surface area (Å²) in [5.74, 6) is -0.0217. The van der Waals surface area contributed by atoms with Crippen LogP contribution in [0.2, 0.25) is 10.0 Å². The standard InChI is InChI=1S/C19H16Cl2N4O/c1-12-4-2-5-13(10-12)11-23-18(26)16-8-9-22-19(25-16)24-15-7-3-6-14(20)17(15)21/h2-10H,11H2,1H3,(H,23,26)(H,22,24,25). The predicted octanol–water partition coefficient (Wildman–Crippen LogP) is 4.77. The number of rotatable bonds is 5. The zero-order chi connectivity index (χ0) is 18.5. The molecule has 0 aliphatic rings. The number of benzene rings is 2. The average molecular weight is 387 g/mol. The molecule has 1 aromatic heterocycles. The average Bonchev–Trinajstić information content (AvgIpc) is 2.64. The van der Waals surface area contributed by atoms with Crippen LogP contribution in [0.3, 0.4) is 0 Å². The molecule has 0 spiro atoms. The van der Waals surface area contributed by atoms with E-state index in [9.17, 15) is 4.79 Å². The molecule has 0 unspecified atom stereocenters.